The van der Waals surface area contributed by atoms with Gasteiger partial charge in [-0.3, -0.25) is 4.90 Å². The Labute approximate surface area is 257 Å². The van der Waals surface area contributed by atoms with E-state index in [0.717, 1.165) is 58.7 Å². The van der Waals surface area contributed by atoms with Gasteiger partial charge >= 0.3 is 6.09 Å². The smallest absolute Gasteiger partial charge is 0.410 e. The van der Waals surface area contributed by atoms with Gasteiger partial charge in [0.15, 0.2) is 0 Å². The molecule has 2 saturated heterocycles. The minimum Gasteiger partial charge on any atom is -0.444 e. The Morgan fingerprint density at radius 3 is 1.63 bits per heavy atom. The zero-order valence-corrected chi connectivity index (χ0v) is 26.2. The van der Waals surface area contributed by atoms with Crippen LogP contribution in [0.5, 0.6) is 0 Å². The van der Waals surface area contributed by atoms with Gasteiger partial charge in [0, 0.05) is 65.4 Å². The summed E-state index contributed by atoms with van der Waals surface area (Å²) < 4.78 is 5.46. The van der Waals surface area contributed by atoms with Crippen LogP contribution in [-0.2, 0) is 17.6 Å². The van der Waals surface area contributed by atoms with E-state index >= 15 is 0 Å². The summed E-state index contributed by atoms with van der Waals surface area (Å²) in [5.41, 5.74) is 2.45. The van der Waals surface area contributed by atoms with Crippen molar-refractivity contribution in [3.63, 3.8) is 0 Å². The predicted octanol–water partition coefficient (Wildman–Crippen LogP) is 6.22. The van der Waals surface area contributed by atoms with Gasteiger partial charge in [0.25, 0.3) is 0 Å². The summed E-state index contributed by atoms with van der Waals surface area (Å²) in [6.45, 7) is 15.9. The number of benzene rings is 4. The van der Waals surface area contributed by atoms with Gasteiger partial charge in [0.2, 0.25) is 0 Å². The standard InChI is InChI=1S/C21H28N2O2.C16H20N2/c1-21(2,3)25-20(24)23-15-13-22(14-16-23)12-11-18-9-6-8-17-7-4-5-10-19(17)18;1-2-7-16-14(4-1)5-3-6-15(16)8-11-18-12-9-17-10-13-18/h4-10H,11-16H2,1-3H3;1-7,17H,8-13H2. The summed E-state index contributed by atoms with van der Waals surface area (Å²) in [5, 5.41) is 8.82. The first-order valence-electron chi connectivity index (χ1n) is 15.9. The van der Waals surface area contributed by atoms with E-state index in [4.69, 9.17) is 4.74 Å². The van der Waals surface area contributed by atoms with E-state index in [9.17, 15) is 4.79 Å². The molecule has 4 aromatic rings. The number of hydrogen-bond donors (Lipinski definition) is 1. The highest BCUT2D eigenvalue weighted by Crippen LogP contribution is 2.21. The number of nitrogens with one attached hydrogen (secondary N) is 1. The molecule has 0 atom stereocenters. The Morgan fingerprint density at radius 2 is 1.12 bits per heavy atom. The third kappa shape index (κ3) is 9.02. The van der Waals surface area contributed by atoms with Crippen molar-refractivity contribution in [2.24, 2.45) is 0 Å². The highest BCUT2D eigenvalue weighted by molar-refractivity contribution is 5.86. The number of carbonyl (C=O) groups is 1. The number of carbonyl (C=O) groups excluding carboxylic acids is 1. The van der Waals surface area contributed by atoms with Crippen molar-refractivity contribution in [2.45, 2.75) is 39.2 Å². The van der Waals surface area contributed by atoms with Crippen LogP contribution in [0, 0.1) is 0 Å². The molecule has 4 aromatic carbocycles. The molecule has 6 heteroatoms. The van der Waals surface area contributed by atoms with Crippen molar-refractivity contribution in [1.82, 2.24) is 20.0 Å². The molecular formula is C37H48N4O2. The Balaban J connectivity index is 0.000000180. The molecule has 0 bridgehead atoms. The highest BCUT2D eigenvalue weighted by Gasteiger charge is 2.25. The second-order valence-electron chi connectivity index (χ2n) is 12.7. The van der Waals surface area contributed by atoms with Gasteiger partial charge in [-0.25, -0.2) is 4.79 Å². The SMILES string of the molecule is CC(C)(C)OC(=O)N1CCN(CCc2cccc3ccccc23)CC1.c1ccc2c(CCN3CCNCC3)cccc2c1. The number of rotatable bonds is 6. The lowest BCUT2D eigenvalue weighted by atomic mass is 10.0. The van der Waals surface area contributed by atoms with E-state index in [1.165, 1.54) is 52.3 Å². The minimum absolute atomic E-state index is 0.193. The van der Waals surface area contributed by atoms with Crippen molar-refractivity contribution in [3.05, 3.63) is 96.1 Å². The number of fused-ring (bicyclic) bond motifs is 2. The fraction of sp³-hybridized carbons (Fsp3) is 0.432. The van der Waals surface area contributed by atoms with Crippen LogP contribution in [0.3, 0.4) is 0 Å². The average molecular weight is 581 g/mol. The van der Waals surface area contributed by atoms with Crippen molar-refractivity contribution < 1.29 is 9.53 Å². The lowest BCUT2D eigenvalue weighted by molar-refractivity contribution is 0.0146. The average Bonchev–Trinajstić information content (AvgIpc) is 3.03. The molecular weight excluding hydrogens is 532 g/mol. The number of amides is 1. The van der Waals surface area contributed by atoms with Crippen LogP contribution < -0.4 is 5.32 Å². The first-order chi connectivity index (χ1) is 20.9. The second kappa shape index (κ2) is 14.8. The quantitative estimate of drug-likeness (QED) is 0.293. The van der Waals surface area contributed by atoms with E-state index < -0.39 is 5.60 Å². The van der Waals surface area contributed by atoms with Crippen molar-refractivity contribution in [3.8, 4) is 0 Å². The first kappa shape index (κ1) is 31.0. The van der Waals surface area contributed by atoms with Crippen LogP contribution in [-0.4, -0.2) is 91.8 Å². The van der Waals surface area contributed by atoms with Gasteiger partial charge < -0.3 is 19.9 Å². The highest BCUT2D eigenvalue weighted by atomic mass is 16.6. The maximum Gasteiger partial charge on any atom is 0.410 e. The van der Waals surface area contributed by atoms with E-state index in [1.54, 1.807) is 0 Å². The van der Waals surface area contributed by atoms with Gasteiger partial charge in [-0.05, 0) is 66.3 Å². The molecule has 2 fully saturated rings. The molecule has 0 aromatic heterocycles. The molecule has 2 heterocycles. The molecule has 2 aliphatic rings. The second-order valence-corrected chi connectivity index (χ2v) is 12.7. The molecule has 2 aliphatic heterocycles. The molecule has 0 saturated carbocycles. The van der Waals surface area contributed by atoms with E-state index in [2.05, 4.69) is 100 Å². The number of piperazine rings is 2. The molecule has 43 heavy (non-hydrogen) atoms. The molecule has 1 amide bonds. The minimum atomic E-state index is -0.428. The third-order valence-corrected chi connectivity index (χ3v) is 8.39. The fourth-order valence-electron chi connectivity index (χ4n) is 5.99. The van der Waals surface area contributed by atoms with Crippen LogP contribution in [0.4, 0.5) is 4.79 Å². The normalized spacial score (nSPS) is 16.6. The largest absolute Gasteiger partial charge is 0.444 e. The summed E-state index contributed by atoms with van der Waals surface area (Å²) in [7, 11) is 0. The number of ether oxygens (including phenoxy) is 1. The van der Waals surface area contributed by atoms with E-state index in [1.807, 2.05) is 25.7 Å². The molecule has 0 unspecified atom stereocenters. The maximum atomic E-state index is 12.1. The van der Waals surface area contributed by atoms with Crippen LogP contribution in [0.2, 0.25) is 0 Å². The van der Waals surface area contributed by atoms with Gasteiger partial charge in [-0.15, -0.1) is 0 Å². The van der Waals surface area contributed by atoms with Gasteiger partial charge in [-0.2, -0.15) is 0 Å². The summed E-state index contributed by atoms with van der Waals surface area (Å²) in [6, 6.07) is 30.4. The summed E-state index contributed by atoms with van der Waals surface area (Å²) >= 11 is 0. The Kier molecular flexibility index (Phi) is 10.7. The molecule has 0 aliphatic carbocycles. The van der Waals surface area contributed by atoms with Crippen molar-refractivity contribution >= 4 is 27.6 Å². The zero-order valence-electron chi connectivity index (χ0n) is 26.2. The Morgan fingerprint density at radius 1 is 0.651 bits per heavy atom. The van der Waals surface area contributed by atoms with Crippen LogP contribution in [0.15, 0.2) is 84.9 Å². The van der Waals surface area contributed by atoms with Crippen LogP contribution in [0.25, 0.3) is 21.5 Å². The molecule has 1 N–H and O–H groups in total. The van der Waals surface area contributed by atoms with Gasteiger partial charge in [0.05, 0.1) is 0 Å². The van der Waals surface area contributed by atoms with Crippen LogP contribution in [0.1, 0.15) is 31.9 Å². The predicted molar refractivity (Wildman–Crippen MR) is 179 cm³/mol. The lowest BCUT2D eigenvalue weighted by Gasteiger charge is -2.35. The lowest BCUT2D eigenvalue weighted by Crippen LogP contribution is -2.50. The van der Waals surface area contributed by atoms with Crippen molar-refractivity contribution in [1.29, 1.82) is 0 Å². The summed E-state index contributed by atoms with van der Waals surface area (Å²) in [4.78, 5) is 18.9. The topological polar surface area (TPSA) is 48.1 Å². The number of nitrogens with zero attached hydrogens (tertiary/aromatic N) is 3. The monoisotopic (exact) mass is 580 g/mol. The molecule has 228 valence electrons. The zero-order chi connectivity index (χ0) is 30.1. The van der Waals surface area contributed by atoms with E-state index in [-0.39, 0.29) is 6.09 Å². The summed E-state index contributed by atoms with van der Waals surface area (Å²) in [5.74, 6) is 0. The fourth-order valence-corrected chi connectivity index (χ4v) is 5.99. The maximum absolute atomic E-state index is 12.1. The molecule has 0 spiro atoms. The summed E-state index contributed by atoms with van der Waals surface area (Å²) in [6.07, 6.45) is 2.00. The molecule has 0 radical (unpaired) electrons. The Hall–Kier alpha value is -3.45. The number of hydrogen-bond acceptors (Lipinski definition) is 5. The molecule has 6 rings (SSSR count). The van der Waals surface area contributed by atoms with Crippen molar-refractivity contribution in [2.75, 3.05) is 65.4 Å². The third-order valence-electron chi connectivity index (χ3n) is 8.39. The van der Waals surface area contributed by atoms with Gasteiger partial charge in [-0.1, -0.05) is 84.9 Å². The van der Waals surface area contributed by atoms with Gasteiger partial charge in [0.1, 0.15) is 5.60 Å². The van der Waals surface area contributed by atoms with E-state index in [0.29, 0.717) is 0 Å². The van der Waals surface area contributed by atoms with Crippen LogP contribution >= 0.6 is 0 Å². The molecule has 6 nitrogen and oxygen atoms in total. The first-order valence-corrected chi connectivity index (χ1v) is 15.9. The Bertz CT molecular complexity index is 1460.